The Hall–Kier alpha value is -0.280. The van der Waals surface area contributed by atoms with E-state index in [0.29, 0.717) is 0 Å². The van der Waals surface area contributed by atoms with E-state index in [1.807, 2.05) is 10.8 Å². The van der Waals surface area contributed by atoms with Gasteiger partial charge in [0.15, 0.2) is 0 Å². The molecular weight excluding hydrogens is 300 g/mol. The van der Waals surface area contributed by atoms with Crippen LogP contribution in [0.4, 0.5) is 0 Å². The summed E-state index contributed by atoms with van der Waals surface area (Å²) in [6.07, 6.45) is 3.72. The molecule has 4 heteroatoms. The van der Waals surface area contributed by atoms with Gasteiger partial charge in [0.25, 0.3) is 0 Å². The van der Waals surface area contributed by atoms with Crippen molar-refractivity contribution in [2.45, 2.75) is 40.2 Å². The summed E-state index contributed by atoms with van der Waals surface area (Å²) in [5, 5.41) is 6.23. The number of hydrogen-bond donors (Lipinski definition) is 0. The summed E-state index contributed by atoms with van der Waals surface area (Å²) >= 11 is 9.94. The van der Waals surface area contributed by atoms with Crippen LogP contribution >= 0.6 is 27.5 Å². The first-order chi connectivity index (χ1) is 8.01. The van der Waals surface area contributed by atoms with Crippen molar-refractivity contribution in [3.8, 4) is 0 Å². The summed E-state index contributed by atoms with van der Waals surface area (Å²) in [6.45, 7) is 11.1. The molecular formula is C13H20BrClN2. The van der Waals surface area contributed by atoms with Crippen LogP contribution in [0, 0.1) is 5.41 Å². The molecule has 0 aliphatic carbocycles. The van der Waals surface area contributed by atoms with Crippen LogP contribution in [0.3, 0.4) is 0 Å². The van der Waals surface area contributed by atoms with E-state index in [2.05, 4.69) is 48.4 Å². The van der Waals surface area contributed by atoms with E-state index in [0.717, 1.165) is 41.1 Å². The highest BCUT2D eigenvalue weighted by Crippen LogP contribution is 2.31. The number of halogens is 2. The van der Waals surface area contributed by atoms with E-state index in [1.165, 1.54) is 0 Å². The Morgan fingerprint density at radius 2 is 2.18 bits per heavy atom. The highest BCUT2D eigenvalue weighted by atomic mass is 79.9. The maximum absolute atomic E-state index is 6.40. The normalized spacial score (nSPS) is 14.6. The molecule has 0 saturated carbocycles. The molecule has 0 amide bonds. The fourth-order valence-electron chi connectivity index (χ4n) is 1.74. The molecule has 1 heterocycles. The van der Waals surface area contributed by atoms with E-state index in [4.69, 9.17) is 11.6 Å². The van der Waals surface area contributed by atoms with Gasteiger partial charge in [0.05, 0.1) is 16.4 Å². The van der Waals surface area contributed by atoms with Gasteiger partial charge < -0.3 is 0 Å². The van der Waals surface area contributed by atoms with Crippen molar-refractivity contribution in [2.75, 3.05) is 5.33 Å². The lowest BCUT2D eigenvalue weighted by atomic mass is 9.88. The summed E-state index contributed by atoms with van der Waals surface area (Å²) in [4.78, 5) is 0. The Morgan fingerprint density at radius 3 is 2.59 bits per heavy atom. The van der Waals surface area contributed by atoms with E-state index in [9.17, 15) is 0 Å². The number of aryl methyl sites for hydroxylation is 2. The van der Waals surface area contributed by atoms with Crippen LogP contribution in [0.5, 0.6) is 0 Å². The van der Waals surface area contributed by atoms with Gasteiger partial charge in [0, 0.05) is 23.7 Å². The fourth-order valence-corrected chi connectivity index (χ4v) is 2.51. The first-order valence-corrected chi connectivity index (χ1v) is 7.44. The van der Waals surface area contributed by atoms with Gasteiger partial charge in [-0.25, -0.2) is 0 Å². The second-order valence-corrected chi connectivity index (χ2v) is 5.48. The van der Waals surface area contributed by atoms with Crippen molar-refractivity contribution >= 4 is 27.5 Å². The number of alkyl halides is 1. The first kappa shape index (κ1) is 14.8. The number of rotatable bonds is 6. The second-order valence-electron chi connectivity index (χ2n) is 4.55. The fraction of sp³-hybridized carbons (Fsp3) is 0.615. The summed E-state index contributed by atoms with van der Waals surface area (Å²) in [5.74, 6) is 0. The molecule has 0 aliphatic heterocycles. The minimum atomic E-state index is 0.0155. The summed E-state index contributed by atoms with van der Waals surface area (Å²) in [6, 6.07) is 0. The third kappa shape index (κ3) is 3.14. The third-order valence-electron chi connectivity index (χ3n) is 3.06. The average molecular weight is 320 g/mol. The molecule has 0 radical (unpaired) electrons. The SMILES string of the molecule is C=CC(C)(CBr)Cc1c(Cl)c(CC)nn1CC. The molecule has 1 rings (SSSR count). The largest absolute Gasteiger partial charge is 0.268 e. The van der Waals surface area contributed by atoms with Crippen LogP contribution < -0.4 is 0 Å². The van der Waals surface area contributed by atoms with Gasteiger partial charge in [-0.1, -0.05) is 47.5 Å². The Balaban J connectivity index is 3.12. The van der Waals surface area contributed by atoms with Gasteiger partial charge in [0.1, 0.15) is 0 Å². The quantitative estimate of drug-likeness (QED) is 0.566. The lowest BCUT2D eigenvalue weighted by molar-refractivity contribution is 0.464. The van der Waals surface area contributed by atoms with Crippen LogP contribution in [-0.4, -0.2) is 15.1 Å². The Kier molecular flexibility index (Phi) is 5.26. The van der Waals surface area contributed by atoms with Crippen molar-refractivity contribution in [1.29, 1.82) is 0 Å². The zero-order valence-corrected chi connectivity index (χ0v) is 13.1. The smallest absolute Gasteiger partial charge is 0.0850 e. The molecule has 0 spiro atoms. The molecule has 1 aromatic heterocycles. The first-order valence-electron chi connectivity index (χ1n) is 5.95. The molecule has 0 aliphatic rings. The van der Waals surface area contributed by atoms with Crippen LogP contribution in [0.15, 0.2) is 12.7 Å². The zero-order valence-electron chi connectivity index (χ0n) is 10.8. The Bertz CT molecular complexity index is 400. The van der Waals surface area contributed by atoms with Gasteiger partial charge in [-0.05, 0) is 13.3 Å². The maximum Gasteiger partial charge on any atom is 0.0850 e. The number of allylic oxidation sites excluding steroid dienone is 1. The number of nitrogens with zero attached hydrogens (tertiary/aromatic N) is 2. The van der Waals surface area contributed by atoms with Crippen LogP contribution in [0.2, 0.25) is 5.02 Å². The van der Waals surface area contributed by atoms with Crippen molar-refractivity contribution < 1.29 is 0 Å². The average Bonchev–Trinajstić information content (AvgIpc) is 2.66. The van der Waals surface area contributed by atoms with Crippen molar-refractivity contribution in [3.63, 3.8) is 0 Å². The third-order valence-corrected chi connectivity index (χ3v) is 4.78. The Morgan fingerprint density at radius 1 is 1.53 bits per heavy atom. The summed E-state index contributed by atoms with van der Waals surface area (Å²) in [5.41, 5.74) is 2.12. The molecule has 0 bridgehead atoms. The molecule has 0 N–H and O–H groups in total. The number of hydrogen-bond acceptors (Lipinski definition) is 1. The summed E-state index contributed by atoms with van der Waals surface area (Å²) in [7, 11) is 0. The summed E-state index contributed by atoms with van der Waals surface area (Å²) < 4.78 is 2.01. The lowest BCUT2D eigenvalue weighted by Crippen LogP contribution is -2.20. The van der Waals surface area contributed by atoms with Crippen molar-refractivity contribution in [2.24, 2.45) is 5.41 Å². The standard InChI is InChI=1S/C13H20BrClN2/c1-5-10-12(15)11(17(7-3)16-10)8-13(4,6-2)9-14/h6H,2,5,7-9H2,1,3-4H3. The van der Waals surface area contributed by atoms with Crippen LogP contribution in [-0.2, 0) is 19.4 Å². The highest BCUT2D eigenvalue weighted by Gasteiger charge is 2.24. The van der Waals surface area contributed by atoms with E-state index in [1.54, 1.807) is 0 Å². The predicted molar refractivity (Wildman–Crippen MR) is 78.1 cm³/mol. The Labute approximate surface area is 117 Å². The monoisotopic (exact) mass is 318 g/mol. The molecule has 1 unspecified atom stereocenters. The molecule has 96 valence electrons. The molecule has 2 nitrogen and oxygen atoms in total. The van der Waals surface area contributed by atoms with Gasteiger partial charge in [0.2, 0.25) is 0 Å². The van der Waals surface area contributed by atoms with E-state index < -0.39 is 0 Å². The van der Waals surface area contributed by atoms with Gasteiger partial charge in [-0.2, -0.15) is 5.10 Å². The van der Waals surface area contributed by atoms with Gasteiger partial charge >= 0.3 is 0 Å². The molecule has 1 aromatic rings. The van der Waals surface area contributed by atoms with Crippen molar-refractivity contribution in [3.05, 3.63) is 29.1 Å². The lowest BCUT2D eigenvalue weighted by Gasteiger charge is -2.23. The zero-order chi connectivity index (χ0) is 13.1. The van der Waals surface area contributed by atoms with Gasteiger partial charge in [-0.3, -0.25) is 4.68 Å². The molecule has 1 atom stereocenters. The predicted octanol–water partition coefficient (Wildman–Crippen LogP) is 4.25. The minimum absolute atomic E-state index is 0.0155. The topological polar surface area (TPSA) is 17.8 Å². The maximum atomic E-state index is 6.40. The van der Waals surface area contributed by atoms with Gasteiger partial charge in [-0.15, -0.1) is 6.58 Å². The molecule has 0 aromatic carbocycles. The van der Waals surface area contributed by atoms with E-state index in [-0.39, 0.29) is 5.41 Å². The second kappa shape index (κ2) is 6.05. The molecule has 17 heavy (non-hydrogen) atoms. The highest BCUT2D eigenvalue weighted by molar-refractivity contribution is 9.09. The minimum Gasteiger partial charge on any atom is -0.268 e. The molecule has 0 saturated heterocycles. The van der Waals surface area contributed by atoms with Crippen LogP contribution in [0.25, 0.3) is 0 Å². The molecule has 0 fully saturated rings. The van der Waals surface area contributed by atoms with Crippen LogP contribution in [0.1, 0.15) is 32.2 Å². The van der Waals surface area contributed by atoms with E-state index >= 15 is 0 Å². The number of aromatic nitrogens is 2. The van der Waals surface area contributed by atoms with Crippen molar-refractivity contribution in [1.82, 2.24) is 9.78 Å².